The Kier molecular flexibility index (Phi) is 15.1. The van der Waals surface area contributed by atoms with Crippen LogP contribution in [0.4, 0.5) is 34.1 Å². The third-order valence-electron chi connectivity index (χ3n) is 23.2. The molecule has 2 aliphatic heterocycles. The van der Waals surface area contributed by atoms with E-state index >= 15 is 0 Å². The van der Waals surface area contributed by atoms with Crippen LogP contribution in [0.15, 0.2) is 230 Å². The van der Waals surface area contributed by atoms with Crippen LogP contribution >= 0.6 is 0 Å². The molecule has 12 aromatic rings. The Balaban J connectivity index is 1.43. The summed E-state index contributed by atoms with van der Waals surface area (Å²) in [5.74, 6) is 0. The van der Waals surface area contributed by atoms with Crippen LogP contribution in [-0.4, -0.2) is 6.71 Å². The normalized spacial score (nSPS) is 16.6. The van der Waals surface area contributed by atoms with Crippen molar-refractivity contribution in [3.05, 3.63) is 291 Å². The van der Waals surface area contributed by atoms with Crippen LogP contribution in [0.1, 0.15) is 321 Å². The molecule has 2 heterocycles. The molecule has 14 rings (SSSR count). The molecule has 3 heteroatoms. The zero-order valence-corrected chi connectivity index (χ0v) is 77.1. The maximum atomic E-state index is 11.8. The predicted molar refractivity (Wildman–Crippen MR) is 524 cm³/mol. The summed E-state index contributed by atoms with van der Waals surface area (Å²) in [5.41, 5.74) is -4.85. The molecule has 0 aromatic heterocycles. The number of benzene rings is 12. The Morgan fingerprint density at radius 2 is 0.538 bits per heavy atom. The third kappa shape index (κ3) is 16.8. The standard InChI is InChI=1S/C116H137BN2/c1-106(2,3)80-48-42-73(43-49-80)91-66-87(113(22,23)24)68-93(89-54-52-83(109(10,11)12)70-95(89)115(28,29)30)104(91)118-99-61-76(72-38-35-34-36-39-72)46-56-97(99)117-98-57-47-77(78-59-85(111(16,17)18)65-86(60-78)112(19,20)21)62-100(98)119(102-64-79(63-101(118)103(102)117)75-40-37-41-82(58-75)108(7,8)9)105-92(74-44-50-81(51-45-74)107(4,5)6)67-88(114(25,26)27)69-94(105)90-55-53-84(110(13,14)15)71-96(90)116(31,32)33/h34-71H,1-33H3/i34D,35D,36D,38D,39D,42D,43D,44D,45D,48D,49D,50D,51D,52D,53D,54D,55D,66D,67D,68D,69D,70D,71D. The number of rotatable bonds is 9. The number of fused-ring (bicyclic) bond motifs is 4. The summed E-state index contributed by atoms with van der Waals surface area (Å²) in [5, 5.41) is 0. The minimum absolute atomic E-state index is 0.00181. The van der Waals surface area contributed by atoms with E-state index in [1.807, 2.05) is 163 Å². The Hall–Kier alpha value is -9.70. The van der Waals surface area contributed by atoms with Crippen molar-refractivity contribution in [2.45, 2.75) is 288 Å². The molecule has 614 valence electrons. The van der Waals surface area contributed by atoms with Crippen molar-refractivity contribution >= 4 is 57.2 Å². The van der Waals surface area contributed by atoms with Crippen molar-refractivity contribution in [3.63, 3.8) is 0 Å². The summed E-state index contributed by atoms with van der Waals surface area (Å²) in [6.07, 6.45) is 0. The molecule has 0 spiro atoms. The van der Waals surface area contributed by atoms with Gasteiger partial charge in [0.15, 0.2) is 0 Å². The van der Waals surface area contributed by atoms with Gasteiger partial charge >= 0.3 is 0 Å². The number of hydrogen-bond acceptors (Lipinski definition) is 2. The quantitative estimate of drug-likeness (QED) is 0.133. The number of hydrogen-bond donors (Lipinski definition) is 0. The van der Waals surface area contributed by atoms with Crippen molar-refractivity contribution in [1.82, 2.24) is 0 Å². The fraction of sp³-hybridized carbons (Fsp3) is 0.379. The topological polar surface area (TPSA) is 6.48 Å². The zero-order chi connectivity index (χ0) is 107. The fourth-order valence-corrected chi connectivity index (χ4v) is 15.9. The first-order chi connectivity index (χ1) is 64.6. The summed E-state index contributed by atoms with van der Waals surface area (Å²) >= 11 is 0. The van der Waals surface area contributed by atoms with Crippen LogP contribution in [0.2, 0.25) is 0 Å². The van der Waals surface area contributed by atoms with Crippen LogP contribution in [-0.2, 0) is 59.6 Å². The molecular formula is C116H137BN2. The third-order valence-corrected chi connectivity index (χ3v) is 23.2. The lowest BCUT2D eigenvalue weighted by atomic mass is 9.33. The predicted octanol–water partition coefficient (Wildman–Crippen LogP) is 31.7. The highest BCUT2D eigenvalue weighted by Gasteiger charge is 2.47. The van der Waals surface area contributed by atoms with Crippen LogP contribution in [0, 0.1) is 0 Å². The monoisotopic (exact) mass is 1590 g/mol. The van der Waals surface area contributed by atoms with Crippen LogP contribution in [0.25, 0.3) is 77.9 Å². The van der Waals surface area contributed by atoms with Crippen molar-refractivity contribution in [3.8, 4) is 77.9 Å². The van der Waals surface area contributed by atoms with Crippen LogP contribution in [0.5, 0.6) is 0 Å². The average molecular weight is 1590 g/mol. The van der Waals surface area contributed by atoms with E-state index in [0.717, 1.165) is 22.3 Å². The van der Waals surface area contributed by atoms with Gasteiger partial charge in [-0.1, -0.05) is 410 Å². The largest absolute Gasteiger partial charge is 0.310 e. The number of anilines is 6. The fourth-order valence-electron chi connectivity index (χ4n) is 15.9. The maximum absolute atomic E-state index is 11.8. The van der Waals surface area contributed by atoms with Crippen molar-refractivity contribution in [1.29, 1.82) is 0 Å². The molecule has 0 radical (unpaired) electrons. The van der Waals surface area contributed by atoms with Gasteiger partial charge in [0.1, 0.15) is 0 Å². The average Bonchev–Trinajstić information content (AvgIpc) is 0.673. The molecule has 0 fully saturated rings. The van der Waals surface area contributed by atoms with Gasteiger partial charge in [0, 0.05) is 45.0 Å². The molecule has 0 saturated heterocycles. The molecule has 0 unspecified atom stereocenters. The first-order valence-corrected chi connectivity index (χ1v) is 42.4. The summed E-state index contributed by atoms with van der Waals surface area (Å²) in [4.78, 5) is 3.65. The molecule has 2 aliphatic rings. The van der Waals surface area contributed by atoms with E-state index in [0.29, 0.717) is 38.8 Å². The van der Waals surface area contributed by atoms with Gasteiger partial charge in [-0.3, -0.25) is 0 Å². The van der Waals surface area contributed by atoms with Crippen molar-refractivity contribution in [2.75, 3.05) is 9.80 Å². The molecule has 119 heavy (non-hydrogen) atoms. The Labute approximate surface area is 752 Å². The Morgan fingerprint density at radius 3 is 0.899 bits per heavy atom. The molecule has 0 aliphatic carbocycles. The van der Waals surface area contributed by atoms with Gasteiger partial charge in [-0.25, -0.2) is 0 Å². The van der Waals surface area contributed by atoms with E-state index in [4.69, 9.17) is 1.37 Å². The maximum Gasteiger partial charge on any atom is 0.252 e. The molecule has 2 nitrogen and oxygen atoms in total. The van der Waals surface area contributed by atoms with E-state index in [1.165, 1.54) is 0 Å². The minimum atomic E-state index is -1.29. The minimum Gasteiger partial charge on any atom is -0.310 e. The Bertz CT molecular complexity index is 7260. The molecule has 0 bridgehead atoms. The van der Waals surface area contributed by atoms with E-state index < -0.39 is 181 Å². The molecule has 0 N–H and O–H groups in total. The zero-order valence-electron chi connectivity index (χ0n) is 100. The lowest BCUT2D eigenvalue weighted by Crippen LogP contribution is -2.61. The molecule has 0 amide bonds. The first-order valence-electron chi connectivity index (χ1n) is 53.9. The Morgan fingerprint density at radius 1 is 0.218 bits per heavy atom. The van der Waals surface area contributed by atoms with E-state index in [9.17, 15) is 30.2 Å². The highest BCUT2D eigenvalue weighted by molar-refractivity contribution is 7.00. The van der Waals surface area contributed by atoms with Gasteiger partial charge in [-0.15, -0.1) is 0 Å². The van der Waals surface area contributed by atoms with Gasteiger partial charge in [0.05, 0.1) is 42.9 Å². The highest BCUT2D eigenvalue weighted by atomic mass is 15.2. The second-order valence-corrected chi connectivity index (χ2v) is 44.7. The van der Waals surface area contributed by atoms with Crippen molar-refractivity contribution < 1.29 is 31.5 Å². The van der Waals surface area contributed by atoms with Crippen molar-refractivity contribution in [2.24, 2.45) is 0 Å². The summed E-state index contributed by atoms with van der Waals surface area (Å²) in [7, 11) is 0. The lowest BCUT2D eigenvalue weighted by molar-refractivity contribution is 0.568. The second kappa shape index (κ2) is 29.6. The van der Waals surface area contributed by atoms with E-state index in [2.05, 4.69) is 80.5 Å². The molecule has 12 aromatic carbocycles. The first kappa shape index (κ1) is 60.7. The molecule has 0 saturated carbocycles. The van der Waals surface area contributed by atoms with Gasteiger partial charge in [-0.05, 0) is 241 Å². The van der Waals surface area contributed by atoms with Gasteiger partial charge < -0.3 is 9.80 Å². The summed E-state index contributed by atoms with van der Waals surface area (Å²) in [6.45, 7) is 62.1. The van der Waals surface area contributed by atoms with Gasteiger partial charge in [-0.2, -0.15) is 0 Å². The van der Waals surface area contributed by atoms with E-state index in [1.54, 1.807) is 85.4 Å². The molecule has 0 atom stereocenters. The lowest BCUT2D eigenvalue weighted by Gasteiger charge is -2.46. The number of nitrogens with zero attached hydrogens (tertiary/aromatic N) is 2. The van der Waals surface area contributed by atoms with Gasteiger partial charge in [0.25, 0.3) is 6.71 Å². The summed E-state index contributed by atoms with van der Waals surface area (Å²) in [6, 6.07) is 18.9. The second-order valence-electron chi connectivity index (χ2n) is 44.7. The highest BCUT2D eigenvalue weighted by Crippen LogP contribution is 2.58. The van der Waals surface area contributed by atoms with Crippen LogP contribution in [0.3, 0.4) is 0 Å². The van der Waals surface area contributed by atoms with Gasteiger partial charge in [0.2, 0.25) is 0 Å². The van der Waals surface area contributed by atoms with Crippen LogP contribution < -0.4 is 26.2 Å². The summed E-state index contributed by atoms with van der Waals surface area (Å²) < 4.78 is 245. The SMILES string of the molecule is [2H]c1c([2H])c([2H])c(-c2ccc3c(c2)N(c2c(-c4c([2H])c([2H])c(C(C)(C)C)c([2H])c4[2H])c([2H])c(C(C)(C)C)c([2H])c2-c2c([2H])c([2H])c(C(C)(C)C)c([2H])c2C(C)(C)C)c2cc(-c4cccc(C(C)(C)C)c4)cc4c2B3c2ccc(-c3cc(C(C)(C)C)cc(C(C)(C)C)c3)cc2N4c2c(-c3c([2H])c([2H])c(C(C)(C)C)c([2H])c3[2H])c([2H])c(C(C)(C)C)c([2H])c2-c2c([2H])c([2H])c(C(C)(C)C)c([2H])c2C(C)(C)C)c([2H])c1[2H]. The molecular weight excluding hydrogens is 1430 g/mol. The smallest absolute Gasteiger partial charge is 0.252 e. The van der Waals surface area contributed by atoms with E-state index in [-0.39, 0.29) is 153 Å².